The van der Waals surface area contributed by atoms with Gasteiger partial charge in [0.05, 0.1) is 17.7 Å². The minimum Gasteiger partial charge on any atom is -0.388 e. The highest BCUT2D eigenvalue weighted by Crippen LogP contribution is 2.26. The van der Waals surface area contributed by atoms with Gasteiger partial charge in [-0.05, 0) is 41.5 Å². The summed E-state index contributed by atoms with van der Waals surface area (Å²) in [6, 6.07) is 14.0. The van der Waals surface area contributed by atoms with Crippen LogP contribution in [0.5, 0.6) is 0 Å². The molecule has 1 N–H and O–H groups in total. The maximum Gasteiger partial charge on any atom is 0.0991 e. The van der Waals surface area contributed by atoms with E-state index in [1.807, 2.05) is 6.07 Å². The van der Waals surface area contributed by atoms with E-state index in [1.165, 1.54) is 0 Å². The third-order valence-electron chi connectivity index (χ3n) is 2.85. The molecule has 0 aromatic heterocycles. The molecule has 0 saturated carbocycles. The van der Waals surface area contributed by atoms with E-state index in [1.54, 1.807) is 42.5 Å². The molecule has 4 heteroatoms. The van der Waals surface area contributed by atoms with E-state index in [4.69, 9.17) is 28.5 Å². The third-order valence-corrected chi connectivity index (χ3v) is 3.45. The molecule has 2 aromatic rings. The van der Waals surface area contributed by atoms with Crippen molar-refractivity contribution in [2.75, 3.05) is 0 Å². The number of halogens is 2. The lowest BCUT2D eigenvalue weighted by molar-refractivity contribution is 0.178. The number of aliphatic hydroxyl groups is 1. The van der Waals surface area contributed by atoms with Crippen molar-refractivity contribution in [3.63, 3.8) is 0 Å². The first-order valence-electron chi connectivity index (χ1n) is 5.72. The van der Waals surface area contributed by atoms with Gasteiger partial charge in [-0.1, -0.05) is 35.3 Å². The summed E-state index contributed by atoms with van der Waals surface area (Å²) in [5.74, 6) is 0. The van der Waals surface area contributed by atoms with E-state index in [-0.39, 0.29) is 0 Å². The van der Waals surface area contributed by atoms with Crippen LogP contribution in [0.3, 0.4) is 0 Å². The highest BCUT2D eigenvalue weighted by atomic mass is 35.5. The first kappa shape index (κ1) is 13.9. The van der Waals surface area contributed by atoms with Gasteiger partial charge in [0.15, 0.2) is 0 Å². The zero-order chi connectivity index (χ0) is 13.8. The summed E-state index contributed by atoms with van der Waals surface area (Å²) in [7, 11) is 0. The molecule has 0 aliphatic rings. The van der Waals surface area contributed by atoms with E-state index in [2.05, 4.69) is 0 Å². The normalized spacial score (nSPS) is 11.9. The van der Waals surface area contributed by atoms with Crippen LogP contribution in [-0.2, 0) is 6.42 Å². The zero-order valence-electron chi connectivity index (χ0n) is 9.98. The standard InChI is InChI=1S/C15H11Cl2NO/c16-13-5-6-14(17)12(7-13)8-15(19)11-3-1-10(9-18)2-4-11/h1-7,15,19H,8H2. The van der Waals surface area contributed by atoms with E-state index in [9.17, 15) is 5.11 Å². The van der Waals surface area contributed by atoms with Gasteiger partial charge >= 0.3 is 0 Å². The number of benzene rings is 2. The lowest BCUT2D eigenvalue weighted by atomic mass is 10.0. The fraction of sp³-hybridized carbons (Fsp3) is 0.133. The minimum absolute atomic E-state index is 0.380. The maximum atomic E-state index is 10.2. The lowest BCUT2D eigenvalue weighted by Crippen LogP contribution is -2.02. The monoisotopic (exact) mass is 291 g/mol. The Bertz CT molecular complexity index is 617. The van der Waals surface area contributed by atoms with Crippen LogP contribution < -0.4 is 0 Å². The summed E-state index contributed by atoms with van der Waals surface area (Å²) < 4.78 is 0. The molecule has 19 heavy (non-hydrogen) atoms. The first-order valence-corrected chi connectivity index (χ1v) is 6.48. The quantitative estimate of drug-likeness (QED) is 0.924. The van der Waals surface area contributed by atoms with Gasteiger partial charge in [0.25, 0.3) is 0 Å². The van der Waals surface area contributed by atoms with Crippen LogP contribution >= 0.6 is 23.2 Å². The highest BCUT2D eigenvalue weighted by Gasteiger charge is 2.11. The molecule has 96 valence electrons. The minimum atomic E-state index is -0.677. The predicted octanol–water partition coefficient (Wildman–Crippen LogP) is 4.14. The van der Waals surface area contributed by atoms with Gasteiger partial charge in [0.2, 0.25) is 0 Å². The van der Waals surface area contributed by atoms with Crippen LogP contribution in [0.25, 0.3) is 0 Å². The summed E-state index contributed by atoms with van der Waals surface area (Å²) >= 11 is 12.0. The SMILES string of the molecule is N#Cc1ccc(C(O)Cc2cc(Cl)ccc2Cl)cc1. The van der Waals surface area contributed by atoms with Crippen LogP contribution in [0.15, 0.2) is 42.5 Å². The largest absolute Gasteiger partial charge is 0.388 e. The van der Waals surface area contributed by atoms with Crippen LogP contribution in [0, 0.1) is 11.3 Å². The molecule has 2 aromatic carbocycles. The number of nitrogens with zero attached hydrogens (tertiary/aromatic N) is 1. The Balaban J connectivity index is 2.18. The van der Waals surface area contributed by atoms with Crippen molar-refractivity contribution in [2.45, 2.75) is 12.5 Å². The summed E-state index contributed by atoms with van der Waals surface area (Å²) in [5, 5.41) is 20.1. The number of nitriles is 1. The second-order valence-corrected chi connectivity index (χ2v) is 5.03. The van der Waals surface area contributed by atoms with Gasteiger partial charge in [0, 0.05) is 16.5 Å². The van der Waals surface area contributed by atoms with Crippen molar-refractivity contribution >= 4 is 23.2 Å². The Morgan fingerprint density at radius 3 is 2.42 bits per heavy atom. The Morgan fingerprint density at radius 1 is 1.11 bits per heavy atom. The molecule has 0 aliphatic carbocycles. The molecule has 0 fully saturated rings. The molecule has 2 nitrogen and oxygen atoms in total. The Kier molecular flexibility index (Phi) is 4.44. The van der Waals surface area contributed by atoms with Crippen LogP contribution in [-0.4, -0.2) is 5.11 Å². The molecule has 0 aliphatic heterocycles. The molecule has 0 heterocycles. The van der Waals surface area contributed by atoms with E-state index >= 15 is 0 Å². The first-order chi connectivity index (χ1) is 9.10. The molecule has 0 radical (unpaired) electrons. The Hall–Kier alpha value is -1.53. The molecule has 1 atom stereocenters. The zero-order valence-corrected chi connectivity index (χ0v) is 11.5. The second-order valence-electron chi connectivity index (χ2n) is 4.19. The van der Waals surface area contributed by atoms with Gasteiger partial charge in [0.1, 0.15) is 0 Å². The van der Waals surface area contributed by atoms with E-state index in [0.717, 1.165) is 11.1 Å². The molecule has 0 amide bonds. The molecule has 0 spiro atoms. The summed E-state index contributed by atoms with van der Waals surface area (Å²) in [4.78, 5) is 0. The fourth-order valence-electron chi connectivity index (χ4n) is 1.81. The number of aliphatic hydroxyl groups excluding tert-OH is 1. The second kappa shape index (κ2) is 6.08. The number of rotatable bonds is 3. The highest BCUT2D eigenvalue weighted by molar-refractivity contribution is 6.33. The number of hydrogen-bond acceptors (Lipinski definition) is 2. The summed E-state index contributed by atoms with van der Waals surface area (Å²) in [5.41, 5.74) is 2.11. The molecule has 2 rings (SSSR count). The van der Waals surface area contributed by atoms with Gasteiger partial charge in [-0.15, -0.1) is 0 Å². The number of hydrogen-bond donors (Lipinski definition) is 1. The van der Waals surface area contributed by atoms with Gasteiger partial charge in [-0.2, -0.15) is 5.26 Å². The molecular formula is C15H11Cl2NO. The maximum absolute atomic E-state index is 10.2. The average molecular weight is 292 g/mol. The van der Waals surface area contributed by atoms with E-state index < -0.39 is 6.10 Å². The fourth-order valence-corrected chi connectivity index (χ4v) is 2.20. The molecular weight excluding hydrogens is 281 g/mol. The molecule has 0 bridgehead atoms. The van der Waals surface area contributed by atoms with Crippen molar-refractivity contribution in [1.29, 1.82) is 5.26 Å². The van der Waals surface area contributed by atoms with Crippen molar-refractivity contribution < 1.29 is 5.11 Å². The Morgan fingerprint density at radius 2 is 1.79 bits per heavy atom. The smallest absolute Gasteiger partial charge is 0.0991 e. The van der Waals surface area contributed by atoms with Gasteiger partial charge in [-0.25, -0.2) is 0 Å². The molecule has 1 unspecified atom stereocenters. The lowest BCUT2D eigenvalue weighted by Gasteiger charge is -2.12. The van der Waals surface area contributed by atoms with Gasteiger partial charge in [-0.3, -0.25) is 0 Å². The van der Waals surface area contributed by atoms with Crippen molar-refractivity contribution in [2.24, 2.45) is 0 Å². The third kappa shape index (κ3) is 3.48. The van der Waals surface area contributed by atoms with Crippen LogP contribution in [0.1, 0.15) is 22.8 Å². The average Bonchev–Trinajstić information content (AvgIpc) is 2.43. The molecule has 0 saturated heterocycles. The Labute approximate surface area is 121 Å². The van der Waals surface area contributed by atoms with Crippen LogP contribution in [0.2, 0.25) is 10.0 Å². The van der Waals surface area contributed by atoms with E-state index in [0.29, 0.717) is 22.0 Å². The van der Waals surface area contributed by atoms with Crippen molar-refractivity contribution in [3.05, 3.63) is 69.2 Å². The van der Waals surface area contributed by atoms with Crippen molar-refractivity contribution in [3.8, 4) is 6.07 Å². The van der Waals surface area contributed by atoms with Crippen LogP contribution in [0.4, 0.5) is 0 Å². The summed E-state index contributed by atoms with van der Waals surface area (Å²) in [6.07, 6.45) is -0.297. The van der Waals surface area contributed by atoms with Gasteiger partial charge < -0.3 is 5.11 Å². The summed E-state index contributed by atoms with van der Waals surface area (Å²) in [6.45, 7) is 0. The predicted molar refractivity (Wildman–Crippen MR) is 76.3 cm³/mol. The topological polar surface area (TPSA) is 44.0 Å². The van der Waals surface area contributed by atoms with Crippen molar-refractivity contribution in [1.82, 2.24) is 0 Å².